The number of hydrogen-bond acceptors (Lipinski definition) is 3. The van der Waals surface area contributed by atoms with Crippen LogP contribution in [0, 0.1) is 5.92 Å². The number of nitrogens with zero attached hydrogens (tertiary/aromatic N) is 1. The maximum Gasteiger partial charge on any atom is 0.306 e. The van der Waals surface area contributed by atoms with E-state index in [2.05, 4.69) is 17.0 Å². The van der Waals surface area contributed by atoms with E-state index in [9.17, 15) is 4.79 Å². The molecule has 1 aliphatic heterocycles. The fraction of sp³-hybridized carbons (Fsp3) is 0.562. The molecule has 0 spiro atoms. The van der Waals surface area contributed by atoms with E-state index in [-0.39, 0.29) is 5.92 Å². The quantitative estimate of drug-likeness (QED) is 0.777. The van der Waals surface area contributed by atoms with Gasteiger partial charge in [-0.1, -0.05) is 30.3 Å². The van der Waals surface area contributed by atoms with E-state index in [0.29, 0.717) is 6.61 Å². The van der Waals surface area contributed by atoms with Crippen LogP contribution < -0.4 is 0 Å². The summed E-state index contributed by atoms with van der Waals surface area (Å²) in [7, 11) is 0. The van der Waals surface area contributed by atoms with Gasteiger partial charge in [0.15, 0.2) is 0 Å². The van der Waals surface area contributed by atoms with Crippen LogP contribution in [0.4, 0.5) is 0 Å². The molecule has 1 aliphatic rings. The maximum absolute atomic E-state index is 10.9. The first-order chi connectivity index (χ1) is 9.75. The van der Waals surface area contributed by atoms with Crippen LogP contribution in [0.3, 0.4) is 0 Å². The molecule has 1 heterocycles. The maximum atomic E-state index is 10.9. The lowest BCUT2D eigenvalue weighted by Crippen LogP contribution is -2.37. The molecule has 1 fully saturated rings. The number of likely N-dealkylation sites (tertiary alicyclic amines) is 1. The van der Waals surface area contributed by atoms with Crippen LogP contribution in [0.1, 0.15) is 24.8 Å². The highest BCUT2D eigenvalue weighted by Gasteiger charge is 2.23. The second-order valence-corrected chi connectivity index (χ2v) is 5.35. The Balaban J connectivity index is 1.53. The molecule has 0 radical (unpaired) electrons. The summed E-state index contributed by atoms with van der Waals surface area (Å²) in [5.74, 6) is -0.781. The van der Waals surface area contributed by atoms with Gasteiger partial charge in [0.1, 0.15) is 0 Å². The first-order valence-corrected chi connectivity index (χ1v) is 7.32. The molecule has 1 saturated heterocycles. The van der Waals surface area contributed by atoms with Gasteiger partial charge in [0.25, 0.3) is 0 Å². The van der Waals surface area contributed by atoms with Gasteiger partial charge in [0, 0.05) is 13.2 Å². The minimum atomic E-state index is -0.643. The third kappa shape index (κ3) is 4.94. The number of rotatable bonds is 7. The van der Waals surface area contributed by atoms with Crippen LogP contribution in [0.25, 0.3) is 0 Å². The summed E-state index contributed by atoms with van der Waals surface area (Å²) in [5.41, 5.74) is 1.20. The highest BCUT2D eigenvalue weighted by molar-refractivity contribution is 5.70. The van der Waals surface area contributed by atoms with Crippen molar-refractivity contribution in [2.45, 2.75) is 25.9 Å². The Kier molecular flexibility index (Phi) is 6.02. The third-order valence-corrected chi connectivity index (χ3v) is 3.81. The predicted octanol–water partition coefficient (Wildman–Crippen LogP) is 2.39. The van der Waals surface area contributed by atoms with Crippen molar-refractivity contribution in [3.05, 3.63) is 35.9 Å². The molecule has 0 amide bonds. The number of carboxylic acid groups (broad SMARTS) is 1. The lowest BCUT2D eigenvalue weighted by Gasteiger charge is -2.29. The van der Waals surface area contributed by atoms with Gasteiger partial charge in [0.05, 0.1) is 12.5 Å². The average Bonchev–Trinajstić information content (AvgIpc) is 2.48. The van der Waals surface area contributed by atoms with E-state index in [4.69, 9.17) is 9.84 Å². The van der Waals surface area contributed by atoms with Gasteiger partial charge in [0.2, 0.25) is 0 Å². The van der Waals surface area contributed by atoms with Crippen LogP contribution in [0.15, 0.2) is 30.3 Å². The van der Waals surface area contributed by atoms with Gasteiger partial charge < -0.3 is 14.7 Å². The molecule has 110 valence electrons. The summed E-state index contributed by atoms with van der Waals surface area (Å²) in [6.07, 6.45) is 2.56. The van der Waals surface area contributed by atoms with E-state index < -0.39 is 5.97 Å². The molecule has 1 N–H and O–H groups in total. The molecule has 1 aromatic rings. The van der Waals surface area contributed by atoms with Crippen LogP contribution in [0.5, 0.6) is 0 Å². The highest BCUT2D eigenvalue weighted by atomic mass is 16.5. The molecule has 4 heteroatoms. The van der Waals surface area contributed by atoms with Crippen molar-refractivity contribution < 1.29 is 14.6 Å². The molecule has 0 bridgehead atoms. The topological polar surface area (TPSA) is 49.8 Å². The van der Waals surface area contributed by atoms with Crippen molar-refractivity contribution in [1.29, 1.82) is 0 Å². The van der Waals surface area contributed by atoms with Gasteiger partial charge in [-0.3, -0.25) is 4.79 Å². The van der Waals surface area contributed by atoms with Crippen molar-refractivity contribution in [2.75, 3.05) is 26.2 Å². The SMILES string of the molecule is O=C(O)C1CCN(CCCOCc2ccccc2)CC1. The standard InChI is InChI=1S/C16H23NO3/c18-16(19)15-7-10-17(11-8-15)9-4-12-20-13-14-5-2-1-3-6-14/h1-3,5-6,15H,4,7-13H2,(H,18,19). The van der Waals surface area contributed by atoms with Crippen LogP contribution in [-0.2, 0) is 16.1 Å². The molecule has 0 saturated carbocycles. The minimum absolute atomic E-state index is 0.138. The lowest BCUT2D eigenvalue weighted by atomic mass is 9.97. The Hall–Kier alpha value is -1.39. The third-order valence-electron chi connectivity index (χ3n) is 3.81. The highest BCUT2D eigenvalue weighted by Crippen LogP contribution is 2.17. The number of carbonyl (C=O) groups is 1. The largest absolute Gasteiger partial charge is 0.481 e. The van der Waals surface area contributed by atoms with Crippen molar-refractivity contribution in [1.82, 2.24) is 4.90 Å². The number of piperidine rings is 1. The number of ether oxygens (including phenoxy) is 1. The molecule has 0 unspecified atom stereocenters. The van der Waals surface area contributed by atoms with Crippen LogP contribution in [0.2, 0.25) is 0 Å². The normalized spacial score (nSPS) is 17.2. The number of aliphatic carboxylic acids is 1. The molecule has 0 atom stereocenters. The summed E-state index contributed by atoms with van der Waals surface area (Å²) in [6, 6.07) is 10.2. The number of benzene rings is 1. The summed E-state index contributed by atoms with van der Waals surface area (Å²) in [4.78, 5) is 13.2. The molecular weight excluding hydrogens is 254 g/mol. The second kappa shape index (κ2) is 8.02. The van der Waals surface area contributed by atoms with Crippen LogP contribution in [-0.4, -0.2) is 42.2 Å². The molecule has 2 rings (SSSR count). The Bertz CT molecular complexity index is 399. The van der Waals surface area contributed by atoms with Gasteiger partial charge in [-0.15, -0.1) is 0 Å². The fourth-order valence-corrected chi connectivity index (χ4v) is 2.56. The monoisotopic (exact) mass is 277 g/mol. The summed E-state index contributed by atoms with van der Waals surface area (Å²) < 4.78 is 5.65. The Morgan fingerprint density at radius 1 is 1.25 bits per heavy atom. The molecule has 0 aromatic heterocycles. The van der Waals surface area contributed by atoms with E-state index in [0.717, 1.165) is 45.5 Å². The predicted molar refractivity (Wildman–Crippen MR) is 77.5 cm³/mol. The molecule has 1 aromatic carbocycles. The van der Waals surface area contributed by atoms with Crippen molar-refractivity contribution in [2.24, 2.45) is 5.92 Å². The molecular formula is C16H23NO3. The summed E-state index contributed by atoms with van der Waals surface area (Å²) in [5, 5.41) is 8.94. The summed E-state index contributed by atoms with van der Waals surface area (Å²) in [6.45, 7) is 4.22. The first kappa shape index (κ1) is 15.0. The minimum Gasteiger partial charge on any atom is -0.481 e. The van der Waals surface area contributed by atoms with E-state index in [1.54, 1.807) is 0 Å². The molecule has 4 nitrogen and oxygen atoms in total. The van der Waals surface area contributed by atoms with Crippen molar-refractivity contribution in [3.8, 4) is 0 Å². The van der Waals surface area contributed by atoms with Crippen molar-refractivity contribution >= 4 is 5.97 Å². The lowest BCUT2D eigenvalue weighted by molar-refractivity contribution is -0.143. The zero-order valence-electron chi connectivity index (χ0n) is 11.8. The zero-order chi connectivity index (χ0) is 14.2. The second-order valence-electron chi connectivity index (χ2n) is 5.35. The first-order valence-electron chi connectivity index (χ1n) is 7.32. The van der Waals surface area contributed by atoms with Crippen LogP contribution >= 0.6 is 0 Å². The van der Waals surface area contributed by atoms with Gasteiger partial charge in [-0.2, -0.15) is 0 Å². The Morgan fingerprint density at radius 2 is 1.95 bits per heavy atom. The summed E-state index contributed by atoms with van der Waals surface area (Å²) >= 11 is 0. The number of carboxylic acids is 1. The Labute approximate surface area is 120 Å². The van der Waals surface area contributed by atoms with E-state index in [1.165, 1.54) is 5.56 Å². The molecule has 20 heavy (non-hydrogen) atoms. The fourth-order valence-electron chi connectivity index (χ4n) is 2.56. The Morgan fingerprint density at radius 3 is 2.60 bits per heavy atom. The molecule has 0 aliphatic carbocycles. The number of hydrogen-bond donors (Lipinski definition) is 1. The van der Waals surface area contributed by atoms with E-state index >= 15 is 0 Å². The average molecular weight is 277 g/mol. The van der Waals surface area contributed by atoms with E-state index in [1.807, 2.05) is 18.2 Å². The van der Waals surface area contributed by atoms with Gasteiger partial charge >= 0.3 is 5.97 Å². The van der Waals surface area contributed by atoms with Gasteiger partial charge in [-0.25, -0.2) is 0 Å². The smallest absolute Gasteiger partial charge is 0.306 e. The van der Waals surface area contributed by atoms with Crippen molar-refractivity contribution in [3.63, 3.8) is 0 Å². The zero-order valence-corrected chi connectivity index (χ0v) is 11.8. The van der Waals surface area contributed by atoms with Gasteiger partial charge in [-0.05, 0) is 37.9 Å².